The van der Waals surface area contributed by atoms with E-state index in [9.17, 15) is 14.4 Å². The van der Waals surface area contributed by atoms with Crippen LogP contribution in [0.4, 0.5) is 0 Å². The number of nitrogens with zero attached hydrogens (tertiary/aromatic N) is 2. The molecule has 10 atom stereocenters. The van der Waals surface area contributed by atoms with Crippen LogP contribution in [-0.4, -0.2) is 130 Å². The number of hydrogen-bond donors (Lipinski definition) is 0. The summed E-state index contributed by atoms with van der Waals surface area (Å²) in [6.07, 6.45) is -13.8. The zero-order valence-electron chi connectivity index (χ0n) is 46.7. The van der Waals surface area contributed by atoms with Crippen LogP contribution in [0.15, 0.2) is 212 Å². The Kier molecular flexibility index (Phi) is 21.7. The molecule has 0 amide bonds. The van der Waals surface area contributed by atoms with E-state index in [1.807, 2.05) is 121 Å². The summed E-state index contributed by atoms with van der Waals surface area (Å²) in [6.45, 7) is -0.133. The SMILES string of the molecule is CN(C)P(=O)(O[C@H]1O[C@H](COC(=O)c2ccccc2)[C@H](O[C@H]2O[C@H](COCc3ccccc3)[C@H](OCc3ccccc3)[C@H](OCc3ccccc3)[C@H]2OCc2ccccc2)[C@H](OC(=O)c2ccccc2)[C@H]1OC(=O)c1ccccc1)N(C)C. The Balaban J connectivity index is 1.19. The van der Waals surface area contributed by atoms with Crippen LogP contribution in [0.3, 0.4) is 0 Å². The molecule has 83 heavy (non-hydrogen) atoms. The van der Waals surface area contributed by atoms with E-state index in [-0.39, 0.29) is 49.7 Å². The first-order valence-corrected chi connectivity index (χ1v) is 28.9. The van der Waals surface area contributed by atoms with Gasteiger partial charge in [-0.15, -0.1) is 0 Å². The maximum Gasteiger partial charge on any atom is 0.347 e. The summed E-state index contributed by atoms with van der Waals surface area (Å²) >= 11 is 0. The van der Waals surface area contributed by atoms with Crippen LogP contribution >= 0.6 is 7.67 Å². The highest BCUT2D eigenvalue weighted by Crippen LogP contribution is 2.53. The second-order valence-corrected chi connectivity index (χ2v) is 23.0. The van der Waals surface area contributed by atoms with Crippen molar-refractivity contribution in [2.75, 3.05) is 41.4 Å². The zero-order chi connectivity index (χ0) is 58.0. The molecule has 17 nitrogen and oxygen atoms in total. The third kappa shape index (κ3) is 16.3. The Morgan fingerprint density at radius 3 is 1.20 bits per heavy atom. The molecule has 2 saturated heterocycles. The highest BCUT2D eigenvalue weighted by Gasteiger charge is 2.58. The molecule has 0 radical (unpaired) electrons. The molecular weight excluding hydrogens is 1080 g/mol. The average molecular weight is 1150 g/mol. The van der Waals surface area contributed by atoms with Crippen LogP contribution in [0.25, 0.3) is 0 Å². The Hall–Kier alpha value is -7.22. The average Bonchev–Trinajstić information content (AvgIpc) is 3.12. The van der Waals surface area contributed by atoms with Gasteiger partial charge in [-0.3, -0.25) is 9.09 Å². The first kappa shape index (κ1) is 60.4. The van der Waals surface area contributed by atoms with Crippen molar-refractivity contribution in [3.05, 3.63) is 251 Å². The van der Waals surface area contributed by atoms with Crippen molar-refractivity contribution in [1.29, 1.82) is 0 Å². The number of carbonyl (C=O) groups is 3. The molecule has 0 aliphatic carbocycles. The molecule has 0 saturated carbocycles. The fourth-order valence-electron chi connectivity index (χ4n) is 9.56. The molecule has 434 valence electrons. The van der Waals surface area contributed by atoms with E-state index < -0.39 is 93.6 Å². The monoisotopic (exact) mass is 1150 g/mol. The van der Waals surface area contributed by atoms with E-state index in [0.29, 0.717) is 0 Å². The first-order valence-electron chi connectivity index (χ1n) is 27.4. The lowest BCUT2D eigenvalue weighted by atomic mass is 9.95. The third-order valence-electron chi connectivity index (χ3n) is 13.9. The fraction of sp³-hybridized carbons (Fsp3) is 0.308. The van der Waals surface area contributed by atoms with E-state index in [4.69, 9.17) is 51.9 Å². The van der Waals surface area contributed by atoms with Crippen LogP contribution in [0, 0.1) is 0 Å². The number of carbonyl (C=O) groups excluding carboxylic acids is 3. The Bertz CT molecular complexity index is 3120. The predicted molar refractivity (Wildman–Crippen MR) is 307 cm³/mol. The van der Waals surface area contributed by atoms with Crippen molar-refractivity contribution in [3.63, 3.8) is 0 Å². The summed E-state index contributed by atoms with van der Waals surface area (Å²) in [4.78, 5) is 43.3. The molecular formula is C65H69N2O15P. The smallest absolute Gasteiger partial charge is 0.347 e. The summed E-state index contributed by atoms with van der Waals surface area (Å²) < 4.78 is 92.1. The van der Waals surface area contributed by atoms with Crippen LogP contribution in [-0.2, 0) is 82.9 Å². The summed E-state index contributed by atoms with van der Waals surface area (Å²) in [6, 6.07) is 63.2. The van der Waals surface area contributed by atoms with Crippen molar-refractivity contribution in [2.45, 2.75) is 87.8 Å². The highest BCUT2D eigenvalue weighted by atomic mass is 31.2. The van der Waals surface area contributed by atoms with Crippen molar-refractivity contribution < 1.29 is 70.8 Å². The van der Waals surface area contributed by atoms with Crippen molar-refractivity contribution in [3.8, 4) is 0 Å². The lowest BCUT2D eigenvalue weighted by molar-refractivity contribution is -0.365. The maximum absolute atomic E-state index is 15.0. The van der Waals surface area contributed by atoms with Gasteiger partial charge in [0.1, 0.15) is 43.2 Å². The molecule has 2 fully saturated rings. The summed E-state index contributed by atoms with van der Waals surface area (Å²) in [5.41, 5.74) is 3.94. The number of rotatable bonds is 26. The van der Waals surface area contributed by atoms with E-state index in [1.54, 1.807) is 119 Å². The third-order valence-corrected chi connectivity index (χ3v) is 16.4. The van der Waals surface area contributed by atoms with Gasteiger partial charge in [-0.2, -0.15) is 0 Å². The summed E-state index contributed by atoms with van der Waals surface area (Å²) in [5, 5.41) is 0. The Morgan fingerprint density at radius 1 is 0.398 bits per heavy atom. The summed E-state index contributed by atoms with van der Waals surface area (Å²) in [7, 11) is 2.14. The maximum atomic E-state index is 15.0. The van der Waals surface area contributed by atoms with E-state index in [2.05, 4.69) is 0 Å². The Morgan fingerprint density at radius 2 is 0.759 bits per heavy atom. The van der Waals surface area contributed by atoms with Crippen LogP contribution < -0.4 is 0 Å². The van der Waals surface area contributed by atoms with Gasteiger partial charge in [-0.25, -0.2) is 23.7 Å². The lowest BCUT2D eigenvalue weighted by Crippen LogP contribution is -2.67. The minimum absolute atomic E-state index is 0.0315. The van der Waals surface area contributed by atoms with E-state index >= 15 is 4.57 Å². The van der Waals surface area contributed by atoms with Gasteiger partial charge < -0.3 is 47.4 Å². The molecule has 7 aromatic rings. The van der Waals surface area contributed by atoms with Crippen molar-refractivity contribution in [2.24, 2.45) is 0 Å². The predicted octanol–water partition coefficient (Wildman–Crippen LogP) is 10.4. The molecule has 9 rings (SSSR count). The van der Waals surface area contributed by atoms with Gasteiger partial charge in [0.2, 0.25) is 6.29 Å². The second-order valence-electron chi connectivity index (χ2n) is 20.2. The Labute approximate surface area is 484 Å². The van der Waals surface area contributed by atoms with E-state index in [1.165, 1.54) is 9.34 Å². The van der Waals surface area contributed by atoms with Gasteiger partial charge in [0.15, 0.2) is 18.5 Å². The molecule has 2 heterocycles. The van der Waals surface area contributed by atoms with Gasteiger partial charge in [0.25, 0.3) is 0 Å². The van der Waals surface area contributed by atoms with Gasteiger partial charge in [-0.1, -0.05) is 176 Å². The molecule has 0 bridgehead atoms. The van der Waals surface area contributed by atoms with Gasteiger partial charge in [-0.05, 0) is 86.8 Å². The normalized spacial score (nSPS) is 22.6. The summed E-state index contributed by atoms with van der Waals surface area (Å²) in [5.74, 6) is -2.46. The molecule has 0 aromatic heterocycles. The van der Waals surface area contributed by atoms with Crippen LogP contribution in [0.1, 0.15) is 53.3 Å². The molecule has 0 N–H and O–H groups in total. The topological polar surface area (TPSA) is 176 Å². The number of esters is 3. The highest BCUT2D eigenvalue weighted by molar-refractivity contribution is 7.53. The quantitative estimate of drug-likeness (QED) is 0.0284. The second kappa shape index (κ2) is 29.8. The molecule has 0 spiro atoms. The first-order chi connectivity index (χ1) is 40.4. The molecule has 0 unspecified atom stereocenters. The minimum atomic E-state index is -4.07. The molecule has 2 aliphatic rings. The minimum Gasteiger partial charge on any atom is -0.459 e. The van der Waals surface area contributed by atoms with Gasteiger partial charge in [0, 0.05) is 0 Å². The fourth-order valence-corrected chi connectivity index (χ4v) is 11.1. The zero-order valence-corrected chi connectivity index (χ0v) is 47.6. The molecule has 2 aliphatic heterocycles. The van der Waals surface area contributed by atoms with Crippen LogP contribution in [0.2, 0.25) is 0 Å². The van der Waals surface area contributed by atoms with Crippen LogP contribution in [0.5, 0.6) is 0 Å². The largest absolute Gasteiger partial charge is 0.459 e. The standard InChI is InChI=1S/C65H69N2O15P/c1-66(2)83(71,67(3)4)82-65-60(80-63(70)52-38-24-11-25-39-52)58(79-62(69)51-36-22-10-23-37-51)56(54(78-65)45-76-61(68)50-34-20-9-21-35-50)81-64-59(75-43-49-32-18-8-19-33-49)57(74-42-48-30-16-7-17-31-48)55(73-41-47-28-14-6-15-29-47)53(77-64)44-72-40-46-26-12-5-13-27-46/h5-39,53-60,64-65H,40-45H2,1-4H3/t53-,54-,55+,56+,57+,58+,59-,60-,64-,65-/m1/s1. The van der Waals surface area contributed by atoms with Gasteiger partial charge >= 0.3 is 25.6 Å². The lowest BCUT2D eigenvalue weighted by Gasteiger charge is -2.50. The molecule has 18 heteroatoms. The van der Waals surface area contributed by atoms with Gasteiger partial charge in [0.05, 0.1) is 49.7 Å². The van der Waals surface area contributed by atoms with Crippen molar-refractivity contribution in [1.82, 2.24) is 9.34 Å². The number of hydrogen-bond acceptors (Lipinski definition) is 15. The van der Waals surface area contributed by atoms with E-state index in [0.717, 1.165) is 22.3 Å². The number of ether oxygens (including phenoxy) is 10. The molecule has 7 aromatic carbocycles. The van der Waals surface area contributed by atoms with Crippen molar-refractivity contribution >= 4 is 25.6 Å². The number of benzene rings is 7.